The molecule has 4 aromatic rings. The standard InChI is InChI=1S/C18H12FN5O3S/c1-8-14-11(16(26)23-18-21-7-13(28-18)15(20)25)6-12(22-17(14)27-24-8)9-2-4-10(19)5-3-9/h2-7H,1H3,(H2,20,25)(H,21,23,26). The minimum absolute atomic E-state index is 0.182. The van der Waals surface area contributed by atoms with Crippen molar-refractivity contribution >= 4 is 39.4 Å². The molecule has 28 heavy (non-hydrogen) atoms. The van der Waals surface area contributed by atoms with Crippen LogP contribution in [0.3, 0.4) is 0 Å². The number of anilines is 1. The van der Waals surface area contributed by atoms with Crippen LogP contribution in [-0.4, -0.2) is 26.9 Å². The van der Waals surface area contributed by atoms with Gasteiger partial charge in [-0.05, 0) is 37.3 Å². The Morgan fingerprint density at radius 2 is 2.00 bits per heavy atom. The molecule has 2 amide bonds. The van der Waals surface area contributed by atoms with Crippen LogP contribution < -0.4 is 11.1 Å². The third-order valence-electron chi connectivity index (χ3n) is 3.97. The van der Waals surface area contributed by atoms with E-state index >= 15 is 0 Å². The van der Waals surface area contributed by atoms with E-state index in [4.69, 9.17) is 10.3 Å². The van der Waals surface area contributed by atoms with E-state index in [1.807, 2.05) is 0 Å². The fourth-order valence-electron chi connectivity index (χ4n) is 2.65. The third kappa shape index (κ3) is 3.21. The summed E-state index contributed by atoms with van der Waals surface area (Å²) in [6, 6.07) is 7.27. The summed E-state index contributed by atoms with van der Waals surface area (Å²) in [6.45, 7) is 1.69. The summed E-state index contributed by atoms with van der Waals surface area (Å²) in [4.78, 5) is 32.6. The SMILES string of the molecule is Cc1noc2nc(-c3ccc(F)cc3)cc(C(=O)Nc3ncc(C(N)=O)s3)c12. The van der Waals surface area contributed by atoms with Crippen LogP contribution in [0.5, 0.6) is 0 Å². The Balaban J connectivity index is 1.77. The van der Waals surface area contributed by atoms with Gasteiger partial charge in [0.25, 0.3) is 17.5 Å². The van der Waals surface area contributed by atoms with Crippen molar-refractivity contribution in [1.82, 2.24) is 15.1 Å². The fourth-order valence-corrected chi connectivity index (χ4v) is 3.32. The molecule has 140 valence electrons. The van der Waals surface area contributed by atoms with E-state index in [1.165, 1.54) is 18.3 Å². The molecule has 0 aliphatic heterocycles. The predicted molar refractivity (Wildman–Crippen MR) is 101 cm³/mol. The number of pyridine rings is 1. The minimum Gasteiger partial charge on any atom is -0.365 e. The molecule has 0 aliphatic carbocycles. The first-order valence-corrected chi connectivity index (χ1v) is 8.84. The number of aromatic nitrogens is 3. The summed E-state index contributed by atoms with van der Waals surface area (Å²) in [5.74, 6) is -1.49. The quantitative estimate of drug-likeness (QED) is 0.545. The summed E-state index contributed by atoms with van der Waals surface area (Å²) in [6.07, 6.45) is 1.29. The number of aryl methyl sites for hydroxylation is 1. The maximum atomic E-state index is 13.2. The van der Waals surface area contributed by atoms with Crippen molar-refractivity contribution in [1.29, 1.82) is 0 Å². The third-order valence-corrected chi connectivity index (χ3v) is 4.90. The van der Waals surface area contributed by atoms with E-state index < -0.39 is 11.8 Å². The number of benzene rings is 1. The number of halogens is 1. The summed E-state index contributed by atoms with van der Waals surface area (Å²) < 4.78 is 18.4. The fraction of sp³-hybridized carbons (Fsp3) is 0.0556. The van der Waals surface area contributed by atoms with E-state index in [-0.39, 0.29) is 27.1 Å². The Labute approximate surface area is 161 Å². The molecular weight excluding hydrogens is 385 g/mol. The molecule has 10 heteroatoms. The molecule has 3 heterocycles. The molecule has 3 N–H and O–H groups in total. The highest BCUT2D eigenvalue weighted by molar-refractivity contribution is 7.17. The maximum absolute atomic E-state index is 13.2. The first-order chi connectivity index (χ1) is 13.4. The number of nitrogens with zero attached hydrogens (tertiary/aromatic N) is 3. The number of nitrogens with two attached hydrogens (primary N) is 1. The van der Waals surface area contributed by atoms with Crippen LogP contribution in [0.15, 0.2) is 41.1 Å². The number of fused-ring (bicyclic) bond motifs is 1. The first-order valence-electron chi connectivity index (χ1n) is 8.02. The van der Waals surface area contributed by atoms with Crippen LogP contribution in [0.25, 0.3) is 22.4 Å². The number of nitrogens with one attached hydrogen (secondary N) is 1. The van der Waals surface area contributed by atoms with Crippen LogP contribution in [0.2, 0.25) is 0 Å². The van der Waals surface area contributed by atoms with E-state index in [1.54, 1.807) is 25.1 Å². The van der Waals surface area contributed by atoms with Crippen molar-refractivity contribution in [2.75, 3.05) is 5.32 Å². The molecule has 0 saturated carbocycles. The topological polar surface area (TPSA) is 124 Å². The van der Waals surface area contributed by atoms with Crippen LogP contribution in [-0.2, 0) is 0 Å². The van der Waals surface area contributed by atoms with Crippen molar-refractivity contribution in [3.05, 3.63) is 58.5 Å². The second kappa shape index (κ2) is 6.82. The number of thiazole rings is 1. The highest BCUT2D eigenvalue weighted by atomic mass is 32.1. The molecule has 0 bridgehead atoms. The first kappa shape index (κ1) is 17.7. The smallest absolute Gasteiger partial charge is 0.260 e. The molecule has 0 saturated heterocycles. The Morgan fingerprint density at radius 1 is 1.25 bits per heavy atom. The average molecular weight is 397 g/mol. The summed E-state index contributed by atoms with van der Waals surface area (Å²) in [7, 11) is 0. The monoisotopic (exact) mass is 397 g/mol. The molecular formula is C18H12FN5O3S. The van der Waals surface area contributed by atoms with Gasteiger partial charge in [-0.3, -0.25) is 14.9 Å². The van der Waals surface area contributed by atoms with Gasteiger partial charge in [0.1, 0.15) is 10.7 Å². The second-order valence-corrected chi connectivity index (χ2v) is 6.89. The molecule has 8 nitrogen and oxygen atoms in total. The van der Waals surface area contributed by atoms with Crippen molar-refractivity contribution < 1.29 is 18.5 Å². The highest BCUT2D eigenvalue weighted by Crippen LogP contribution is 2.28. The van der Waals surface area contributed by atoms with E-state index in [0.29, 0.717) is 22.3 Å². The molecule has 0 aliphatic rings. The van der Waals surface area contributed by atoms with Gasteiger partial charge in [-0.25, -0.2) is 14.4 Å². The van der Waals surface area contributed by atoms with Gasteiger partial charge >= 0.3 is 0 Å². The molecule has 0 fully saturated rings. The van der Waals surface area contributed by atoms with Gasteiger partial charge in [-0.1, -0.05) is 16.5 Å². The Morgan fingerprint density at radius 3 is 2.68 bits per heavy atom. The van der Waals surface area contributed by atoms with Crippen LogP contribution in [0.4, 0.5) is 9.52 Å². The zero-order valence-corrected chi connectivity index (χ0v) is 15.2. The number of amides is 2. The highest BCUT2D eigenvalue weighted by Gasteiger charge is 2.20. The van der Waals surface area contributed by atoms with Crippen molar-refractivity contribution in [2.24, 2.45) is 5.73 Å². The Kier molecular flexibility index (Phi) is 4.32. The number of carbonyl (C=O) groups excluding carboxylic acids is 2. The molecule has 0 radical (unpaired) electrons. The van der Waals surface area contributed by atoms with Gasteiger partial charge in [0.05, 0.1) is 28.5 Å². The van der Waals surface area contributed by atoms with Gasteiger partial charge in [-0.15, -0.1) is 0 Å². The summed E-state index contributed by atoms with van der Waals surface area (Å²) in [5, 5.41) is 7.18. The molecule has 0 atom stereocenters. The molecule has 1 aromatic carbocycles. The lowest BCUT2D eigenvalue weighted by molar-refractivity contribution is 0.100. The minimum atomic E-state index is -0.627. The number of carbonyl (C=O) groups is 2. The summed E-state index contributed by atoms with van der Waals surface area (Å²) in [5.41, 5.74) is 7.18. The van der Waals surface area contributed by atoms with Gasteiger partial charge < -0.3 is 10.3 Å². The van der Waals surface area contributed by atoms with Gasteiger partial charge in [0.15, 0.2) is 5.13 Å². The zero-order chi connectivity index (χ0) is 19.8. The van der Waals surface area contributed by atoms with E-state index in [0.717, 1.165) is 11.3 Å². The predicted octanol–water partition coefficient (Wildman–Crippen LogP) is 3.15. The molecule has 0 unspecified atom stereocenters. The lowest BCUT2D eigenvalue weighted by Crippen LogP contribution is -2.13. The van der Waals surface area contributed by atoms with E-state index in [9.17, 15) is 14.0 Å². The molecule has 0 spiro atoms. The number of primary amides is 1. The average Bonchev–Trinajstić information content (AvgIpc) is 3.29. The van der Waals surface area contributed by atoms with Gasteiger partial charge in [0, 0.05) is 5.56 Å². The normalized spacial score (nSPS) is 10.9. The van der Waals surface area contributed by atoms with Crippen LogP contribution >= 0.6 is 11.3 Å². The number of hydrogen-bond donors (Lipinski definition) is 2. The Hall–Kier alpha value is -3.66. The Bertz CT molecular complexity index is 1220. The van der Waals surface area contributed by atoms with E-state index in [2.05, 4.69) is 20.4 Å². The maximum Gasteiger partial charge on any atom is 0.260 e. The largest absolute Gasteiger partial charge is 0.365 e. The molecule has 3 aromatic heterocycles. The number of hydrogen-bond acceptors (Lipinski definition) is 7. The zero-order valence-electron chi connectivity index (χ0n) is 14.4. The van der Waals surface area contributed by atoms with Crippen molar-refractivity contribution in [2.45, 2.75) is 6.92 Å². The summed E-state index contributed by atoms with van der Waals surface area (Å²) >= 11 is 0.964. The van der Waals surface area contributed by atoms with Gasteiger partial charge in [-0.2, -0.15) is 0 Å². The second-order valence-electron chi connectivity index (χ2n) is 5.86. The van der Waals surface area contributed by atoms with Gasteiger partial charge in [0.2, 0.25) is 0 Å². The van der Waals surface area contributed by atoms with Crippen LogP contribution in [0.1, 0.15) is 25.7 Å². The lowest BCUT2D eigenvalue weighted by atomic mass is 10.1. The van der Waals surface area contributed by atoms with Crippen LogP contribution in [0, 0.1) is 12.7 Å². The number of rotatable bonds is 4. The lowest BCUT2D eigenvalue weighted by Gasteiger charge is -2.07. The van der Waals surface area contributed by atoms with Crippen molar-refractivity contribution in [3.8, 4) is 11.3 Å². The van der Waals surface area contributed by atoms with Crippen molar-refractivity contribution in [3.63, 3.8) is 0 Å². The molecule has 4 rings (SSSR count).